The van der Waals surface area contributed by atoms with E-state index in [0.717, 1.165) is 0 Å². The van der Waals surface area contributed by atoms with Gasteiger partial charge < -0.3 is 21.0 Å². The van der Waals surface area contributed by atoms with Crippen LogP contribution in [-0.4, -0.2) is 25.4 Å². The average molecular weight is 441 g/mol. The van der Waals surface area contributed by atoms with Gasteiger partial charge in [-0.2, -0.15) is 0 Å². The molecule has 0 bridgehead atoms. The minimum Gasteiger partial charge on any atom is -0.478 e. The zero-order valence-corrected chi connectivity index (χ0v) is 16.9. The molecule has 0 unspecified atom stereocenters. The van der Waals surface area contributed by atoms with Gasteiger partial charge in [0.1, 0.15) is 5.76 Å². The molecule has 0 aliphatic rings. The molecule has 1 heterocycles. The van der Waals surface area contributed by atoms with Crippen molar-refractivity contribution in [3.8, 4) is 11.1 Å². The average Bonchev–Trinajstić information content (AvgIpc) is 3.21. The van der Waals surface area contributed by atoms with E-state index in [1.54, 1.807) is 18.2 Å². The summed E-state index contributed by atoms with van der Waals surface area (Å²) in [5, 5.41) is 14.7. The number of sulfonamides is 1. The fourth-order valence-electron chi connectivity index (χ4n) is 3.02. The lowest BCUT2D eigenvalue weighted by Gasteiger charge is -2.12. The number of hydrogen-bond donors (Lipinski definition) is 4. The molecule has 0 aliphatic carbocycles. The minimum absolute atomic E-state index is 0.00186. The summed E-state index contributed by atoms with van der Waals surface area (Å²) in [5.74, 6) is -1.50. The lowest BCUT2D eigenvalue weighted by molar-refractivity contribution is -0.132. The Morgan fingerprint density at radius 1 is 1.10 bits per heavy atom. The maximum absolute atomic E-state index is 11.9. The number of carbonyl (C=O) groups excluding carboxylic acids is 1. The number of primary sulfonamides is 1. The van der Waals surface area contributed by atoms with Crippen molar-refractivity contribution >= 4 is 33.7 Å². The second kappa shape index (κ2) is 8.46. The third kappa shape index (κ3) is 5.00. The van der Waals surface area contributed by atoms with Gasteiger partial charge in [-0.1, -0.05) is 12.1 Å². The molecule has 3 aromatic rings. The summed E-state index contributed by atoms with van der Waals surface area (Å²) in [5.41, 5.74) is 12.9. The molecule has 9 nitrogen and oxygen atoms in total. The number of carboxylic acids is 1. The van der Waals surface area contributed by atoms with Gasteiger partial charge in [-0.15, -0.1) is 0 Å². The van der Waals surface area contributed by atoms with Crippen LogP contribution in [0, 0.1) is 0 Å². The summed E-state index contributed by atoms with van der Waals surface area (Å²) < 4.78 is 28.2. The van der Waals surface area contributed by atoms with Gasteiger partial charge in [0.2, 0.25) is 10.0 Å². The van der Waals surface area contributed by atoms with E-state index in [4.69, 9.17) is 21.0 Å². The monoisotopic (exact) mass is 441 g/mol. The Kier molecular flexibility index (Phi) is 5.95. The van der Waals surface area contributed by atoms with Crippen LogP contribution in [0.1, 0.15) is 21.7 Å². The largest absolute Gasteiger partial charge is 0.478 e. The van der Waals surface area contributed by atoms with Gasteiger partial charge in [-0.3, -0.25) is 4.79 Å². The molecular weight excluding hydrogens is 422 g/mol. The van der Waals surface area contributed by atoms with Crippen LogP contribution < -0.4 is 16.6 Å². The topological polar surface area (TPSA) is 180 Å². The van der Waals surface area contributed by atoms with Gasteiger partial charge in [-0.05, 0) is 53.6 Å². The highest BCUT2D eigenvalue weighted by molar-refractivity contribution is 7.89. The van der Waals surface area contributed by atoms with Crippen molar-refractivity contribution in [2.75, 3.05) is 5.73 Å². The van der Waals surface area contributed by atoms with Gasteiger partial charge in [0, 0.05) is 17.6 Å². The number of nitrogens with two attached hydrogens (primary N) is 3. The zero-order chi connectivity index (χ0) is 22.8. The molecule has 0 atom stereocenters. The molecule has 1 aromatic heterocycles. The van der Waals surface area contributed by atoms with E-state index in [2.05, 4.69) is 0 Å². The summed E-state index contributed by atoms with van der Waals surface area (Å²) in [6, 6.07) is 11.8. The van der Waals surface area contributed by atoms with E-state index in [-0.39, 0.29) is 28.1 Å². The van der Waals surface area contributed by atoms with Gasteiger partial charge in [-0.25, -0.2) is 18.4 Å². The first-order chi connectivity index (χ1) is 14.6. The SMILES string of the molecule is NC(=O)c1cc(/C=C(\Cc2ccco2)C(=O)O)cc(-c2ccc(S(N)(=O)=O)cc2)c1N. The Labute approximate surface area is 177 Å². The summed E-state index contributed by atoms with van der Waals surface area (Å²) in [6.07, 6.45) is 2.85. The number of primary amides is 1. The number of rotatable bonds is 7. The van der Waals surface area contributed by atoms with Crippen LogP contribution in [0.2, 0.25) is 0 Å². The Hall–Kier alpha value is -3.89. The molecule has 160 valence electrons. The van der Waals surface area contributed by atoms with Crippen LogP contribution in [0.25, 0.3) is 17.2 Å². The third-order valence-corrected chi connectivity index (χ3v) is 5.45. The molecule has 0 radical (unpaired) electrons. The predicted octanol–water partition coefficient (Wildman–Crippen LogP) is 1.99. The molecule has 7 N–H and O–H groups in total. The number of furan rings is 1. The van der Waals surface area contributed by atoms with Gasteiger partial charge in [0.25, 0.3) is 5.91 Å². The van der Waals surface area contributed by atoms with Crippen molar-refractivity contribution in [1.29, 1.82) is 0 Å². The first-order valence-corrected chi connectivity index (χ1v) is 10.4. The minimum atomic E-state index is -3.88. The summed E-state index contributed by atoms with van der Waals surface area (Å²) in [4.78, 5) is 23.5. The molecule has 2 aromatic carbocycles. The van der Waals surface area contributed by atoms with E-state index < -0.39 is 21.9 Å². The van der Waals surface area contributed by atoms with E-state index >= 15 is 0 Å². The smallest absolute Gasteiger partial charge is 0.332 e. The highest BCUT2D eigenvalue weighted by Gasteiger charge is 2.16. The number of nitrogen functional groups attached to an aromatic ring is 1. The van der Waals surface area contributed by atoms with E-state index in [1.165, 1.54) is 42.7 Å². The Morgan fingerprint density at radius 2 is 1.77 bits per heavy atom. The van der Waals surface area contributed by atoms with Gasteiger partial charge in [0.15, 0.2) is 0 Å². The normalized spacial score (nSPS) is 12.0. The lowest BCUT2D eigenvalue weighted by atomic mass is 9.95. The first-order valence-electron chi connectivity index (χ1n) is 8.89. The molecule has 0 fully saturated rings. The molecule has 1 amide bonds. The summed E-state index contributed by atoms with van der Waals surface area (Å²) >= 11 is 0. The number of aliphatic carboxylic acids is 1. The van der Waals surface area contributed by atoms with Crippen molar-refractivity contribution in [3.63, 3.8) is 0 Å². The number of hydrogen-bond acceptors (Lipinski definition) is 6. The molecule has 0 aliphatic heterocycles. The highest BCUT2D eigenvalue weighted by Crippen LogP contribution is 2.32. The van der Waals surface area contributed by atoms with Crippen molar-refractivity contribution in [2.45, 2.75) is 11.3 Å². The molecule has 0 spiro atoms. The van der Waals surface area contributed by atoms with E-state index in [1.807, 2.05) is 0 Å². The Balaban J connectivity index is 2.13. The fraction of sp³-hybridized carbons (Fsp3) is 0.0476. The predicted molar refractivity (Wildman–Crippen MR) is 114 cm³/mol. The fourth-order valence-corrected chi connectivity index (χ4v) is 3.53. The molecule has 3 rings (SSSR count). The number of amides is 1. The maximum Gasteiger partial charge on any atom is 0.332 e. The van der Waals surface area contributed by atoms with Gasteiger partial charge >= 0.3 is 5.97 Å². The zero-order valence-electron chi connectivity index (χ0n) is 16.1. The van der Waals surface area contributed by atoms with Crippen LogP contribution in [0.5, 0.6) is 0 Å². The molecular formula is C21H19N3O6S. The first kappa shape index (κ1) is 21.8. The van der Waals surface area contributed by atoms with E-state index in [0.29, 0.717) is 22.5 Å². The molecule has 0 saturated heterocycles. The van der Waals surface area contributed by atoms with Crippen LogP contribution >= 0.6 is 0 Å². The van der Waals surface area contributed by atoms with E-state index in [9.17, 15) is 23.1 Å². The standard InChI is InChI=1S/C21H19N3O6S/c22-19-17(13-3-5-16(6-4-13)31(24,28)29)9-12(10-18(19)20(23)25)8-14(21(26)27)11-15-2-1-7-30-15/h1-10H,11,22H2,(H2,23,25)(H,26,27)(H2,24,28,29)/b14-8+. The molecule has 31 heavy (non-hydrogen) atoms. The van der Waals surface area contributed by atoms with Crippen molar-refractivity contribution < 1.29 is 27.5 Å². The van der Waals surface area contributed by atoms with Gasteiger partial charge in [0.05, 0.1) is 22.4 Å². The second-order valence-corrected chi connectivity index (χ2v) is 8.26. The van der Waals surface area contributed by atoms with Crippen molar-refractivity contribution in [1.82, 2.24) is 0 Å². The highest BCUT2D eigenvalue weighted by atomic mass is 32.2. The Bertz CT molecular complexity index is 1280. The summed E-state index contributed by atoms with van der Waals surface area (Å²) in [7, 11) is -3.88. The van der Waals surface area contributed by atoms with Crippen LogP contribution in [-0.2, 0) is 21.2 Å². The lowest BCUT2D eigenvalue weighted by Crippen LogP contribution is -2.14. The van der Waals surface area contributed by atoms with Crippen LogP contribution in [0.15, 0.2) is 69.7 Å². The number of benzene rings is 2. The third-order valence-electron chi connectivity index (χ3n) is 4.52. The van der Waals surface area contributed by atoms with Crippen LogP contribution in [0.3, 0.4) is 0 Å². The van der Waals surface area contributed by atoms with Crippen molar-refractivity contribution in [3.05, 3.63) is 77.3 Å². The molecule has 0 saturated carbocycles. The maximum atomic E-state index is 11.9. The second-order valence-electron chi connectivity index (χ2n) is 6.69. The van der Waals surface area contributed by atoms with Crippen LogP contribution in [0.4, 0.5) is 5.69 Å². The van der Waals surface area contributed by atoms with Crippen molar-refractivity contribution in [2.24, 2.45) is 10.9 Å². The number of carbonyl (C=O) groups is 2. The number of carboxylic acid groups (broad SMARTS) is 1. The summed E-state index contributed by atoms with van der Waals surface area (Å²) in [6.45, 7) is 0. The quantitative estimate of drug-likeness (QED) is 0.319. The number of anilines is 1. The molecule has 10 heteroatoms. The Morgan fingerprint density at radius 3 is 2.29 bits per heavy atom.